The van der Waals surface area contributed by atoms with Crippen LogP contribution in [0.3, 0.4) is 0 Å². The van der Waals surface area contributed by atoms with E-state index < -0.39 is 0 Å². The van der Waals surface area contributed by atoms with Crippen LogP contribution in [0.5, 0.6) is 11.5 Å². The normalized spacial score (nSPS) is 13.5. The highest BCUT2D eigenvalue weighted by Gasteiger charge is 2.30. The minimum absolute atomic E-state index is 0.0413. The maximum absolute atomic E-state index is 12.8. The predicted molar refractivity (Wildman–Crippen MR) is 95.5 cm³/mol. The summed E-state index contributed by atoms with van der Waals surface area (Å²) >= 11 is 0. The molecule has 0 atom stereocenters. The van der Waals surface area contributed by atoms with Crippen molar-refractivity contribution in [3.8, 4) is 11.5 Å². The van der Waals surface area contributed by atoms with E-state index in [2.05, 4.69) is 0 Å². The quantitative estimate of drug-likeness (QED) is 0.857. The van der Waals surface area contributed by atoms with E-state index in [1.165, 1.54) is 4.90 Å². The number of benzene rings is 2. The monoisotopic (exact) mass is 340 g/mol. The molecule has 1 heterocycles. The Balaban J connectivity index is 1.87. The molecule has 0 aliphatic carbocycles. The summed E-state index contributed by atoms with van der Waals surface area (Å²) in [5.74, 6) is 0.932. The molecular weight excluding hydrogens is 320 g/mol. The lowest BCUT2D eigenvalue weighted by Crippen LogP contribution is -2.47. The number of ether oxygens (including phenoxy) is 2. The van der Waals surface area contributed by atoms with Crippen LogP contribution >= 0.6 is 0 Å². The maximum atomic E-state index is 12.8. The first kappa shape index (κ1) is 16.8. The molecule has 1 aliphatic heterocycles. The molecule has 1 aliphatic rings. The summed E-state index contributed by atoms with van der Waals surface area (Å²) in [7, 11) is 4.84. The third-order valence-electron chi connectivity index (χ3n) is 4.31. The van der Waals surface area contributed by atoms with E-state index in [0.29, 0.717) is 11.5 Å². The van der Waals surface area contributed by atoms with E-state index >= 15 is 0 Å². The molecule has 0 fully saturated rings. The Morgan fingerprint density at radius 1 is 1.04 bits per heavy atom. The van der Waals surface area contributed by atoms with Gasteiger partial charge in [0.2, 0.25) is 11.8 Å². The molecule has 2 aromatic carbocycles. The molecule has 0 saturated heterocycles. The van der Waals surface area contributed by atoms with E-state index in [4.69, 9.17) is 9.47 Å². The van der Waals surface area contributed by atoms with Gasteiger partial charge in [0.15, 0.2) is 11.5 Å². The number of likely N-dealkylation sites (N-methyl/N-ethyl adjacent to an activating group) is 1. The molecule has 25 heavy (non-hydrogen) atoms. The van der Waals surface area contributed by atoms with Crippen molar-refractivity contribution in [3.05, 3.63) is 48.0 Å². The number of nitrogens with zero attached hydrogens (tertiary/aromatic N) is 2. The van der Waals surface area contributed by atoms with Crippen molar-refractivity contribution in [1.82, 2.24) is 0 Å². The molecule has 0 bridgehead atoms. The molecule has 2 aromatic rings. The standard InChI is InChI=1S/C19H20N2O4/c1-20-14-6-4-5-7-15(14)21(12-19(20)23)18(22)11-13-8-9-16(24-2)17(10-13)25-3/h4-10H,11-12H2,1-3H3. The molecule has 0 N–H and O–H groups in total. The van der Waals surface area contributed by atoms with E-state index in [9.17, 15) is 9.59 Å². The Kier molecular flexibility index (Phi) is 4.61. The van der Waals surface area contributed by atoms with Gasteiger partial charge in [0.1, 0.15) is 6.54 Å². The summed E-state index contributed by atoms with van der Waals surface area (Å²) < 4.78 is 10.5. The Morgan fingerprint density at radius 3 is 2.40 bits per heavy atom. The Labute approximate surface area is 146 Å². The van der Waals surface area contributed by atoms with Crippen molar-refractivity contribution in [1.29, 1.82) is 0 Å². The predicted octanol–water partition coefficient (Wildman–Crippen LogP) is 2.26. The zero-order valence-electron chi connectivity index (χ0n) is 14.5. The smallest absolute Gasteiger partial charge is 0.246 e. The number of carbonyl (C=O) groups excluding carboxylic acids is 2. The topological polar surface area (TPSA) is 59.1 Å². The molecule has 0 saturated carbocycles. The molecule has 6 heteroatoms. The molecular formula is C19H20N2O4. The zero-order valence-corrected chi connectivity index (χ0v) is 14.5. The fraction of sp³-hybridized carbons (Fsp3) is 0.263. The second-order valence-electron chi connectivity index (χ2n) is 5.79. The van der Waals surface area contributed by atoms with Crippen LogP contribution in [0.4, 0.5) is 11.4 Å². The van der Waals surface area contributed by atoms with Crippen LogP contribution in [0.1, 0.15) is 5.56 Å². The van der Waals surface area contributed by atoms with E-state index in [1.54, 1.807) is 38.3 Å². The number of amides is 2. The highest BCUT2D eigenvalue weighted by Crippen LogP contribution is 2.33. The molecule has 0 radical (unpaired) electrons. The van der Waals surface area contributed by atoms with Gasteiger partial charge in [-0.15, -0.1) is 0 Å². The van der Waals surface area contributed by atoms with Gasteiger partial charge in [-0.3, -0.25) is 9.59 Å². The Hall–Kier alpha value is -3.02. The zero-order chi connectivity index (χ0) is 18.0. The lowest BCUT2D eigenvalue weighted by molar-refractivity contribution is -0.122. The third kappa shape index (κ3) is 3.15. The number of hydrogen-bond donors (Lipinski definition) is 0. The van der Waals surface area contributed by atoms with Gasteiger partial charge in [-0.2, -0.15) is 0 Å². The second-order valence-corrected chi connectivity index (χ2v) is 5.79. The summed E-state index contributed by atoms with van der Waals surface area (Å²) in [4.78, 5) is 28.1. The lowest BCUT2D eigenvalue weighted by atomic mass is 10.1. The van der Waals surface area contributed by atoms with Crippen LogP contribution in [-0.2, 0) is 16.0 Å². The van der Waals surface area contributed by atoms with Gasteiger partial charge >= 0.3 is 0 Å². The average Bonchev–Trinajstić information content (AvgIpc) is 2.64. The van der Waals surface area contributed by atoms with Gasteiger partial charge in [-0.1, -0.05) is 18.2 Å². The van der Waals surface area contributed by atoms with Crippen molar-refractivity contribution in [2.24, 2.45) is 0 Å². The van der Waals surface area contributed by atoms with Crippen LogP contribution in [0.2, 0.25) is 0 Å². The fourth-order valence-corrected chi connectivity index (χ4v) is 2.92. The van der Waals surface area contributed by atoms with E-state index in [-0.39, 0.29) is 24.8 Å². The number of para-hydroxylation sites is 2. The van der Waals surface area contributed by atoms with Crippen LogP contribution in [0, 0.1) is 0 Å². The molecule has 0 unspecified atom stereocenters. The van der Waals surface area contributed by atoms with E-state index in [0.717, 1.165) is 16.9 Å². The molecule has 3 rings (SSSR count). The number of carbonyl (C=O) groups is 2. The fourth-order valence-electron chi connectivity index (χ4n) is 2.92. The van der Waals surface area contributed by atoms with Gasteiger partial charge in [0.25, 0.3) is 0 Å². The number of hydrogen-bond acceptors (Lipinski definition) is 4. The van der Waals surface area contributed by atoms with Gasteiger partial charge in [0, 0.05) is 7.05 Å². The van der Waals surface area contributed by atoms with Gasteiger partial charge in [0.05, 0.1) is 32.0 Å². The first-order chi connectivity index (χ1) is 12.0. The minimum atomic E-state index is -0.138. The number of rotatable bonds is 4. The summed E-state index contributed by atoms with van der Waals surface area (Å²) in [5, 5.41) is 0. The summed E-state index contributed by atoms with van der Waals surface area (Å²) in [5.41, 5.74) is 2.28. The number of anilines is 2. The summed E-state index contributed by atoms with van der Waals surface area (Å²) in [6, 6.07) is 12.8. The van der Waals surface area contributed by atoms with Gasteiger partial charge in [-0.25, -0.2) is 0 Å². The SMILES string of the molecule is COc1ccc(CC(=O)N2CC(=O)N(C)c3ccccc32)cc1OC. The van der Waals surface area contributed by atoms with Gasteiger partial charge < -0.3 is 19.3 Å². The lowest BCUT2D eigenvalue weighted by Gasteiger charge is -2.34. The molecule has 2 amide bonds. The van der Waals surface area contributed by atoms with Crippen molar-refractivity contribution >= 4 is 23.2 Å². The molecule has 0 aromatic heterocycles. The summed E-state index contributed by atoms with van der Waals surface area (Å²) in [6.45, 7) is 0.0413. The average molecular weight is 340 g/mol. The Morgan fingerprint density at radius 2 is 1.72 bits per heavy atom. The molecule has 130 valence electrons. The van der Waals surface area contributed by atoms with Crippen LogP contribution in [0.15, 0.2) is 42.5 Å². The van der Waals surface area contributed by atoms with E-state index in [1.807, 2.05) is 30.3 Å². The second kappa shape index (κ2) is 6.84. The maximum Gasteiger partial charge on any atom is 0.246 e. The van der Waals surface area contributed by atoms with Crippen molar-refractivity contribution in [2.45, 2.75) is 6.42 Å². The summed E-state index contributed by atoms with van der Waals surface area (Å²) in [6.07, 6.45) is 0.172. The molecule has 0 spiro atoms. The van der Waals surface area contributed by atoms with Crippen LogP contribution in [-0.4, -0.2) is 39.6 Å². The van der Waals surface area contributed by atoms with Gasteiger partial charge in [-0.05, 0) is 29.8 Å². The highest BCUT2D eigenvalue weighted by atomic mass is 16.5. The van der Waals surface area contributed by atoms with Crippen LogP contribution in [0.25, 0.3) is 0 Å². The largest absolute Gasteiger partial charge is 0.493 e. The van der Waals surface area contributed by atoms with Crippen molar-refractivity contribution in [2.75, 3.05) is 37.6 Å². The number of fused-ring (bicyclic) bond motifs is 1. The van der Waals surface area contributed by atoms with Crippen molar-refractivity contribution < 1.29 is 19.1 Å². The van der Waals surface area contributed by atoms with Crippen molar-refractivity contribution in [3.63, 3.8) is 0 Å². The molecule has 6 nitrogen and oxygen atoms in total. The Bertz CT molecular complexity index is 819. The highest BCUT2D eigenvalue weighted by molar-refractivity contribution is 6.11. The van der Waals surface area contributed by atoms with Crippen LogP contribution < -0.4 is 19.3 Å². The number of methoxy groups -OCH3 is 2. The first-order valence-electron chi connectivity index (χ1n) is 7.92. The first-order valence-corrected chi connectivity index (χ1v) is 7.92. The minimum Gasteiger partial charge on any atom is -0.493 e. The third-order valence-corrected chi connectivity index (χ3v) is 4.31.